The summed E-state index contributed by atoms with van der Waals surface area (Å²) in [5.74, 6) is 0. The van der Waals surface area contributed by atoms with Gasteiger partial charge in [0.05, 0.1) is 18.4 Å². The van der Waals surface area contributed by atoms with Crippen LogP contribution in [-0.4, -0.2) is 52.2 Å². The number of sulfonamides is 1. The Morgan fingerprint density at radius 1 is 1.52 bits per heavy atom. The van der Waals surface area contributed by atoms with Gasteiger partial charge in [0.25, 0.3) is 0 Å². The van der Waals surface area contributed by atoms with E-state index in [1.165, 1.54) is 18.2 Å². The van der Waals surface area contributed by atoms with Crippen LogP contribution in [-0.2, 0) is 14.8 Å². The number of halogens is 1. The summed E-state index contributed by atoms with van der Waals surface area (Å²) in [6.45, 7) is 5.43. The van der Waals surface area contributed by atoms with Gasteiger partial charge in [0, 0.05) is 24.7 Å². The van der Waals surface area contributed by atoms with E-state index in [1.807, 2.05) is 0 Å². The summed E-state index contributed by atoms with van der Waals surface area (Å²) in [6.07, 6.45) is -0.151. The van der Waals surface area contributed by atoms with Crippen molar-refractivity contribution in [1.82, 2.24) is 9.62 Å². The smallest absolute Gasteiger partial charge is 0.242 e. The van der Waals surface area contributed by atoms with E-state index < -0.39 is 10.0 Å². The van der Waals surface area contributed by atoms with Crippen LogP contribution in [0.1, 0.15) is 6.92 Å². The number of anilines is 1. The van der Waals surface area contributed by atoms with Crippen LogP contribution in [0.15, 0.2) is 23.1 Å². The Labute approximate surface area is 130 Å². The third kappa shape index (κ3) is 4.31. The van der Waals surface area contributed by atoms with Gasteiger partial charge < -0.3 is 10.5 Å². The molecule has 0 amide bonds. The zero-order chi connectivity index (χ0) is 15.5. The van der Waals surface area contributed by atoms with Gasteiger partial charge >= 0.3 is 0 Å². The summed E-state index contributed by atoms with van der Waals surface area (Å²) >= 11 is 5.78. The Hall–Kier alpha value is -0.860. The first-order valence-electron chi connectivity index (χ1n) is 6.81. The summed E-state index contributed by atoms with van der Waals surface area (Å²) in [5.41, 5.74) is 5.85. The third-order valence-corrected chi connectivity index (χ3v) is 5.17. The summed E-state index contributed by atoms with van der Waals surface area (Å²) in [6, 6.07) is 4.33. The zero-order valence-electron chi connectivity index (χ0n) is 11.9. The molecular weight excluding hydrogens is 314 g/mol. The molecule has 1 saturated heterocycles. The van der Waals surface area contributed by atoms with E-state index in [0.29, 0.717) is 11.6 Å². The molecule has 1 heterocycles. The van der Waals surface area contributed by atoms with E-state index in [4.69, 9.17) is 22.1 Å². The molecule has 8 heteroatoms. The van der Waals surface area contributed by atoms with Crippen molar-refractivity contribution in [3.63, 3.8) is 0 Å². The lowest BCUT2D eigenvalue weighted by molar-refractivity contribution is -0.0229. The first-order chi connectivity index (χ1) is 9.92. The van der Waals surface area contributed by atoms with Crippen LogP contribution in [0, 0.1) is 0 Å². The van der Waals surface area contributed by atoms with Crippen molar-refractivity contribution in [2.45, 2.75) is 17.9 Å². The zero-order valence-corrected chi connectivity index (χ0v) is 13.5. The molecule has 3 N–H and O–H groups in total. The first-order valence-corrected chi connectivity index (χ1v) is 8.67. The van der Waals surface area contributed by atoms with Crippen molar-refractivity contribution < 1.29 is 13.2 Å². The largest absolute Gasteiger partial charge is 0.398 e. The van der Waals surface area contributed by atoms with E-state index in [2.05, 4.69) is 16.5 Å². The highest BCUT2D eigenvalue weighted by Gasteiger charge is 2.23. The fourth-order valence-corrected chi connectivity index (χ4v) is 3.59. The van der Waals surface area contributed by atoms with E-state index in [-0.39, 0.29) is 23.2 Å². The second-order valence-corrected chi connectivity index (χ2v) is 7.09. The van der Waals surface area contributed by atoms with Crippen LogP contribution in [0.3, 0.4) is 0 Å². The van der Waals surface area contributed by atoms with Gasteiger partial charge in [-0.15, -0.1) is 0 Å². The highest BCUT2D eigenvalue weighted by molar-refractivity contribution is 7.89. The van der Waals surface area contributed by atoms with Crippen LogP contribution >= 0.6 is 11.6 Å². The van der Waals surface area contributed by atoms with Crippen LogP contribution < -0.4 is 10.5 Å². The molecule has 0 radical (unpaired) electrons. The molecule has 1 aromatic carbocycles. The standard InChI is InChI=1S/C13H20ClN3O3S/c1-2-17-5-6-20-11(9-17)8-16-21(18,19)13-4-3-10(14)7-12(13)15/h3-4,7,11,16H,2,5-6,8-9,15H2,1H3. The molecular formula is C13H20ClN3O3S. The highest BCUT2D eigenvalue weighted by Crippen LogP contribution is 2.22. The second-order valence-electron chi connectivity index (χ2n) is 4.92. The summed E-state index contributed by atoms with van der Waals surface area (Å²) < 4.78 is 32.6. The van der Waals surface area contributed by atoms with Crippen molar-refractivity contribution in [2.24, 2.45) is 0 Å². The first kappa shape index (κ1) is 16.5. The Morgan fingerprint density at radius 3 is 2.95 bits per heavy atom. The fraction of sp³-hybridized carbons (Fsp3) is 0.538. The number of morpholine rings is 1. The molecule has 1 atom stereocenters. The van der Waals surface area contributed by atoms with Gasteiger partial charge in [-0.25, -0.2) is 13.1 Å². The molecule has 2 rings (SSSR count). The average Bonchev–Trinajstić information content (AvgIpc) is 2.45. The maximum absolute atomic E-state index is 12.3. The molecule has 0 spiro atoms. The number of hydrogen-bond donors (Lipinski definition) is 2. The van der Waals surface area contributed by atoms with Crippen molar-refractivity contribution in [3.05, 3.63) is 23.2 Å². The van der Waals surface area contributed by atoms with Gasteiger partial charge in [-0.05, 0) is 24.7 Å². The number of nitrogen functional groups attached to an aromatic ring is 1. The van der Waals surface area contributed by atoms with Crippen molar-refractivity contribution >= 4 is 27.3 Å². The number of nitrogens with two attached hydrogens (primary N) is 1. The molecule has 1 aromatic rings. The molecule has 0 aromatic heterocycles. The predicted octanol–water partition coefficient (Wildman–Crippen LogP) is 0.921. The summed E-state index contributed by atoms with van der Waals surface area (Å²) in [4.78, 5) is 2.26. The quantitative estimate of drug-likeness (QED) is 0.783. The lowest BCUT2D eigenvalue weighted by Crippen LogP contribution is -2.47. The number of hydrogen-bond acceptors (Lipinski definition) is 5. The SMILES string of the molecule is CCN1CCOC(CNS(=O)(=O)c2ccc(Cl)cc2N)C1. The molecule has 0 bridgehead atoms. The molecule has 1 aliphatic heterocycles. The Morgan fingerprint density at radius 2 is 2.29 bits per heavy atom. The molecule has 0 aliphatic carbocycles. The van der Waals surface area contributed by atoms with E-state index in [1.54, 1.807) is 0 Å². The van der Waals surface area contributed by atoms with Gasteiger partial charge in [0.2, 0.25) is 10.0 Å². The topological polar surface area (TPSA) is 84.7 Å². The second kappa shape index (κ2) is 6.93. The lowest BCUT2D eigenvalue weighted by atomic mass is 10.3. The van der Waals surface area contributed by atoms with Gasteiger partial charge in [-0.3, -0.25) is 4.90 Å². The molecule has 1 aliphatic rings. The minimum atomic E-state index is -3.66. The Bertz CT molecular complexity index is 594. The summed E-state index contributed by atoms with van der Waals surface area (Å²) in [7, 11) is -3.66. The van der Waals surface area contributed by atoms with Crippen LogP contribution in [0.2, 0.25) is 5.02 Å². The fourth-order valence-electron chi connectivity index (χ4n) is 2.24. The van der Waals surface area contributed by atoms with E-state index in [0.717, 1.165) is 19.6 Å². The summed E-state index contributed by atoms with van der Waals surface area (Å²) in [5, 5.41) is 0.403. The van der Waals surface area contributed by atoms with Crippen LogP contribution in [0.5, 0.6) is 0 Å². The maximum Gasteiger partial charge on any atom is 0.242 e. The van der Waals surface area contributed by atoms with Crippen molar-refractivity contribution in [3.8, 4) is 0 Å². The van der Waals surface area contributed by atoms with Gasteiger partial charge in [0.1, 0.15) is 4.90 Å². The van der Waals surface area contributed by atoms with E-state index in [9.17, 15) is 8.42 Å². The maximum atomic E-state index is 12.3. The number of rotatable bonds is 5. The van der Waals surface area contributed by atoms with E-state index >= 15 is 0 Å². The number of nitrogens with one attached hydrogen (secondary N) is 1. The molecule has 118 valence electrons. The molecule has 0 saturated carbocycles. The van der Waals surface area contributed by atoms with Crippen LogP contribution in [0.25, 0.3) is 0 Å². The highest BCUT2D eigenvalue weighted by atomic mass is 35.5. The van der Waals surface area contributed by atoms with Gasteiger partial charge in [-0.1, -0.05) is 18.5 Å². The molecule has 1 unspecified atom stereocenters. The Balaban J connectivity index is 2.01. The minimum absolute atomic E-state index is 0.0371. The molecule has 6 nitrogen and oxygen atoms in total. The number of ether oxygens (including phenoxy) is 1. The van der Waals surface area contributed by atoms with Crippen molar-refractivity contribution in [2.75, 3.05) is 38.5 Å². The normalized spacial score (nSPS) is 20.6. The molecule has 1 fully saturated rings. The lowest BCUT2D eigenvalue weighted by Gasteiger charge is -2.32. The predicted molar refractivity (Wildman–Crippen MR) is 82.9 cm³/mol. The Kier molecular flexibility index (Phi) is 5.45. The van der Waals surface area contributed by atoms with Crippen LogP contribution in [0.4, 0.5) is 5.69 Å². The minimum Gasteiger partial charge on any atom is -0.398 e. The third-order valence-electron chi connectivity index (χ3n) is 3.43. The number of benzene rings is 1. The number of nitrogens with zero attached hydrogens (tertiary/aromatic N) is 1. The molecule has 21 heavy (non-hydrogen) atoms. The van der Waals surface area contributed by atoms with Crippen molar-refractivity contribution in [1.29, 1.82) is 0 Å². The number of likely N-dealkylation sites (N-methyl/N-ethyl adjacent to an activating group) is 1. The van der Waals surface area contributed by atoms with Gasteiger partial charge in [-0.2, -0.15) is 0 Å². The van der Waals surface area contributed by atoms with Gasteiger partial charge in [0.15, 0.2) is 0 Å². The average molecular weight is 334 g/mol. The monoisotopic (exact) mass is 333 g/mol.